The summed E-state index contributed by atoms with van der Waals surface area (Å²) in [5.41, 5.74) is 9.58. The van der Waals surface area contributed by atoms with Crippen molar-refractivity contribution in [1.82, 2.24) is 26.2 Å². The third kappa shape index (κ3) is 20.3. The number of aliphatic carboxylic acids is 1. The maximum Gasteiger partial charge on any atom is 0.331 e. The summed E-state index contributed by atoms with van der Waals surface area (Å²) in [6.45, 7) is 18.7. The van der Waals surface area contributed by atoms with Crippen molar-refractivity contribution in [2.75, 3.05) is 25.5 Å². The van der Waals surface area contributed by atoms with Crippen LogP contribution in [0.1, 0.15) is 148 Å². The lowest BCUT2D eigenvalue weighted by atomic mass is 9.76. The smallest absolute Gasteiger partial charge is 0.331 e. The van der Waals surface area contributed by atoms with E-state index in [4.69, 9.17) is 10.5 Å². The number of benzene rings is 4. The maximum absolute atomic E-state index is 14.3. The van der Waals surface area contributed by atoms with Gasteiger partial charge in [-0.25, -0.2) is 9.59 Å². The number of fused-ring (bicyclic) bond motifs is 2. The number of nitrogens with one attached hydrogen (secondary N) is 4. The summed E-state index contributed by atoms with van der Waals surface area (Å²) in [7, 11) is 3.27. The third-order valence-corrected chi connectivity index (χ3v) is 15.8. The molecule has 0 aromatic heterocycles. The minimum atomic E-state index is -1.08. The molecule has 468 valence electrons. The predicted octanol–water partition coefficient (Wildman–Crippen LogP) is 8.52. The van der Waals surface area contributed by atoms with E-state index in [1.807, 2.05) is 123 Å². The van der Waals surface area contributed by atoms with Gasteiger partial charge in [-0.15, -0.1) is 0 Å². The number of para-hydroxylation sites is 1. The molecule has 5 rings (SSSR count). The van der Waals surface area contributed by atoms with Gasteiger partial charge in [0.05, 0.1) is 36.8 Å². The molecule has 1 aliphatic rings. The number of rotatable bonds is 29. The zero-order valence-electron chi connectivity index (χ0n) is 51.9. The molecule has 5 atom stereocenters. The summed E-state index contributed by atoms with van der Waals surface area (Å²) < 4.78 is 5.69. The molecule has 18 nitrogen and oxygen atoms in total. The summed E-state index contributed by atoms with van der Waals surface area (Å²) in [4.78, 5) is 124. The van der Waals surface area contributed by atoms with Crippen LogP contribution in [-0.2, 0) is 74.5 Å². The van der Waals surface area contributed by atoms with Gasteiger partial charge in [0.25, 0.3) is 0 Å². The number of likely N-dealkylation sites (N-methyl/N-ethyl adjacent to an activating group) is 2. The number of carbonyl (C=O) groups excluding carboxylic acids is 8. The van der Waals surface area contributed by atoms with E-state index in [0.29, 0.717) is 34.4 Å². The van der Waals surface area contributed by atoms with E-state index in [-0.39, 0.29) is 106 Å². The van der Waals surface area contributed by atoms with Crippen LogP contribution in [-0.4, -0.2) is 108 Å². The Balaban J connectivity index is 0.0000162. The van der Waals surface area contributed by atoms with Crippen molar-refractivity contribution in [3.63, 3.8) is 0 Å². The van der Waals surface area contributed by atoms with Crippen molar-refractivity contribution in [1.29, 1.82) is 0 Å². The van der Waals surface area contributed by atoms with Crippen LogP contribution < -0.4 is 31.9 Å². The lowest BCUT2D eigenvalue weighted by molar-refractivity contribution is -0.144. The number of hydrogen-bond acceptors (Lipinski definition) is 11. The van der Waals surface area contributed by atoms with Gasteiger partial charge < -0.3 is 46.6 Å². The molecule has 0 bridgehead atoms. The quantitative estimate of drug-likeness (QED) is 0.0129. The van der Waals surface area contributed by atoms with Crippen LogP contribution in [0.2, 0.25) is 0 Å². The Bertz CT molecular complexity index is 3200. The number of nitrogens with two attached hydrogens (primary N) is 1. The summed E-state index contributed by atoms with van der Waals surface area (Å²) in [5.74, 6) is 1.53. The van der Waals surface area contributed by atoms with Crippen molar-refractivity contribution in [2.45, 2.75) is 164 Å². The van der Waals surface area contributed by atoms with Crippen LogP contribution in [0.3, 0.4) is 0 Å². The first kappa shape index (κ1) is 71.1. The van der Waals surface area contributed by atoms with E-state index >= 15 is 0 Å². The van der Waals surface area contributed by atoms with Crippen molar-refractivity contribution in [2.24, 2.45) is 28.9 Å². The molecule has 0 fully saturated rings. The van der Waals surface area contributed by atoms with Crippen molar-refractivity contribution < 1.29 is 53.0 Å². The van der Waals surface area contributed by atoms with Crippen molar-refractivity contribution >= 4 is 58.9 Å². The molecule has 0 saturated heterocycles. The highest BCUT2D eigenvalue weighted by atomic mass is 16.5. The Morgan fingerprint density at radius 1 is 0.759 bits per heavy atom. The van der Waals surface area contributed by atoms with E-state index in [0.717, 1.165) is 16.7 Å². The highest BCUT2D eigenvalue weighted by molar-refractivity contribution is 5.98. The molecule has 0 spiro atoms. The van der Waals surface area contributed by atoms with Crippen LogP contribution in [0, 0.1) is 35.0 Å². The number of anilines is 1. The van der Waals surface area contributed by atoms with Gasteiger partial charge in [-0.2, -0.15) is 0 Å². The Labute approximate surface area is 514 Å². The SMILES string of the molecule is C.CN[C@H](C(=O)N[C@H](C(=O)N(C)[C@H](/C=C(\C)C(=O)O)C(C)C)C(C)(C)C)C(C)(C)c1cccc(CC(=O)OCc2ccc(CC(=O)[C@H](CCCNC(N)=O)NC(=O)[C@@H](CC(=O)CCC(=O)N3Cc4ccccc4C#Cc4ccccc43)C(C)C)cc2)c1. The topological polar surface area (TPSA) is 264 Å². The Morgan fingerprint density at radius 2 is 1.39 bits per heavy atom. The number of carboxylic acid groups (broad SMARTS) is 1. The first-order valence-electron chi connectivity index (χ1n) is 29.4. The Hall–Kier alpha value is -8.43. The second-order valence-corrected chi connectivity index (χ2v) is 24.6. The normalized spacial score (nSPS) is 13.9. The molecule has 0 radical (unpaired) electrons. The van der Waals surface area contributed by atoms with Crippen LogP contribution in [0.4, 0.5) is 10.5 Å². The van der Waals surface area contributed by atoms with Gasteiger partial charge in [0.2, 0.25) is 23.6 Å². The average molecular weight is 1190 g/mol. The number of ketones is 2. The molecule has 1 heterocycles. The second-order valence-electron chi connectivity index (χ2n) is 24.6. The molecule has 1 aliphatic heterocycles. The first-order chi connectivity index (χ1) is 40.5. The van der Waals surface area contributed by atoms with Crippen LogP contribution in [0.5, 0.6) is 0 Å². The molecule has 0 saturated carbocycles. The third-order valence-electron chi connectivity index (χ3n) is 15.8. The number of ether oxygens (including phenoxy) is 1. The van der Waals surface area contributed by atoms with E-state index in [2.05, 4.69) is 33.1 Å². The minimum absolute atomic E-state index is 0. The lowest BCUT2D eigenvalue weighted by Gasteiger charge is -2.40. The molecule has 18 heteroatoms. The molecule has 87 heavy (non-hydrogen) atoms. The second kappa shape index (κ2) is 32.3. The molecule has 6 amide bonds. The lowest BCUT2D eigenvalue weighted by Crippen LogP contribution is -2.61. The molecular weight excluding hydrogens is 1100 g/mol. The number of primary amides is 1. The van der Waals surface area contributed by atoms with Crippen molar-refractivity contribution in [3.05, 3.63) is 148 Å². The fourth-order valence-corrected chi connectivity index (χ4v) is 10.5. The Kier molecular flexibility index (Phi) is 26.4. The molecule has 4 aromatic rings. The maximum atomic E-state index is 14.3. The van der Waals surface area contributed by atoms with E-state index < -0.39 is 70.7 Å². The zero-order chi connectivity index (χ0) is 63.6. The largest absolute Gasteiger partial charge is 0.478 e. The van der Waals surface area contributed by atoms with Crippen LogP contribution in [0.15, 0.2) is 109 Å². The Morgan fingerprint density at radius 3 is 2.01 bits per heavy atom. The van der Waals surface area contributed by atoms with Gasteiger partial charge in [-0.3, -0.25) is 33.6 Å². The summed E-state index contributed by atoms with van der Waals surface area (Å²) >= 11 is 0. The summed E-state index contributed by atoms with van der Waals surface area (Å²) in [5, 5.41) is 21.1. The minimum Gasteiger partial charge on any atom is -0.478 e. The first-order valence-corrected chi connectivity index (χ1v) is 29.4. The number of carboxylic acids is 1. The predicted molar refractivity (Wildman–Crippen MR) is 338 cm³/mol. The summed E-state index contributed by atoms with van der Waals surface area (Å²) in [6, 6.07) is 25.3. The van der Waals surface area contributed by atoms with E-state index in [1.165, 1.54) is 11.8 Å². The van der Waals surface area contributed by atoms with Gasteiger partial charge in [-0.05, 0) is 90.1 Å². The number of amides is 6. The molecule has 0 aliphatic carbocycles. The molecule has 4 aromatic carbocycles. The average Bonchev–Trinajstić information content (AvgIpc) is 1.94. The highest BCUT2D eigenvalue weighted by Gasteiger charge is 2.42. The number of nitrogens with zero attached hydrogens (tertiary/aromatic N) is 2. The van der Waals surface area contributed by atoms with Crippen LogP contribution >= 0.6 is 0 Å². The molecule has 7 N–H and O–H groups in total. The van der Waals surface area contributed by atoms with Gasteiger partial charge in [-0.1, -0.05) is 167 Å². The van der Waals surface area contributed by atoms with Gasteiger partial charge in [0.1, 0.15) is 18.4 Å². The zero-order valence-corrected chi connectivity index (χ0v) is 51.9. The van der Waals surface area contributed by atoms with Gasteiger partial charge >= 0.3 is 18.0 Å². The number of urea groups is 1. The standard InChI is InChI=1S/C68H87N7O11.CH4/c1-42(2)53(39-52(76)32-33-58(78)75-40-50-22-14-13-20-48(50)30-31-49-21-15-16-25-55(49)75)62(80)72-54(24-18-34-71-66(69)85)57(77)37-45-26-28-46(29-27-45)41-86-59(79)38-47-19-17-23-51(36-47)68(9,10)60(70-11)63(81)73-61(67(6,7)8)64(82)74(12)56(43(3)4)35-44(5)65(83)84;/h13-17,19-23,25-29,35-36,42-43,53-54,56,60-61,70H,18,24,32-34,37-41H2,1-12H3,(H,72,80)(H,73,81)(H,83,84)(H3,69,71,85);1H4/b44-35+;/t53-,54-,56+,60+,61+;/m0./s1. The summed E-state index contributed by atoms with van der Waals surface area (Å²) in [6.07, 6.45) is 1.62. The number of esters is 1. The van der Waals surface area contributed by atoms with Gasteiger partial charge in [0, 0.05) is 67.3 Å². The van der Waals surface area contributed by atoms with Crippen LogP contribution in [0.25, 0.3) is 0 Å². The number of carbonyl (C=O) groups is 9. The van der Waals surface area contributed by atoms with Gasteiger partial charge in [0.15, 0.2) is 5.78 Å². The fraction of sp³-hybridized carbons (Fsp3) is 0.464. The fourth-order valence-electron chi connectivity index (χ4n) is 10.5. The van der Waals surface area contributed by atoms with E-state index in [9.17, 15) is 48.3 Å². The number of Topliss-reactive ketones (excluding diaryl/α,β-unsaturated/α-hetero) is 2. The van der Waals surface area contributed by atoms with E-state index in [1.54, 1.807) is 61.5 Å². The number of hydrogen-bond donors (Lipinski definition) is 6. The molecule has 0 unspecified atom stereocenters. The monoisotopic (exact) mass is 1190 g/mol. The highest BCUT2D eigenvalue weighted by Crippen LogP contribution is 2.31. The molecular formula is C69H91N7O11. The van der Waals surface area contributed by atoms with Crippen molar-refractivity contribution in [3.8, 4) is 11.8 Å².